The lowest BCUT2D eigenvalue weighted by Gasteiger charge is -2.10. The zero-order chi connectivity index (χ0) is 10.7. The van der Waals surface area contributed by atoms with E-state index in [0.29, 0.717) is 9.26 Å². The van der Waals surface area contributed by atoms with Crippen molar-refractivity contribution in [2.45, 2.75) is 12.5 Å². The number of aromatic nitrogens is 1. The molecule has 0 spiro atoms. The molecule has 0 aliphatic heterocycles. The highest BCUT2D eigenvalue weighted by atomic mass is 127. The van der Waals surface area contributed by atoms with Crippen LogP contribution in [0.25, 0.3) is 0 Å². The molecule has 1 rings (SSSR count). The summed E-state index contributed by atoms with van der Waals surface area (Å²) in [5.74, 6) is 0.0776. The van der Waals surface area contributed by atoms with Gasteiger partial charge < -0.3 is 10.8 Å². The first kappa shape index (κ1) is 11.9. The van der Waals surface area contributed by atoms with E-state index in [-0.39, 0.29) is 12.2 Å². The number of nitrogens with zero attached hydrogens (tertiary/aromatic N) is 2. The van der Waals surface area contributed by atoms with Crippen molar-refractivity contribution < 1.29 is 5.11 Å². The van der Waals surface area contributed by atoms with Crippen molar-refractivity contribution in [3.05, 3.63) is 19.0 Å². The quantitative estimate of drug-likeness (QED) is 0.572. The molecule has 0 amide bonds. The van der Waals surface area contributed by atoms with Crippen molar-refractivity contribution in [3.8, 4) is 11.8 Å². The number of nitrogens with two attached hydrogens (primary N) is 1. The average molecular weight is 415 g/mol. The minimum Gasteiger partial charge on any atom is -0.505 e. The van der Waals surface area contributed by atoms with E-state index in [0.717, 1.165) is 3.70 Å². The van der Waals surface area contributed by atoms with Gasteiger partial charge in [-0.1, -0.05) is 0 Å². The zero-order valence-corrected chi connectivity index (χ0v) is 11.4. The van der Waals surface area contributed by atoms with Crippen LogP contribution < -0.4 is 5.73 Å². The molecule has 1 heterocycles. The first-order valence-electron chi connectivity index (χ1n) is 3.73. The summed E-state index contributed by atoms with van der Waals surface area (Å²) in [4.78, 5) is 4.11. The molecule has 6 heteroatoms. The van der Waals surface area contributed by atoms with Gasteiger partial charge in [0.25, 0.3) is 0 Å². The third-order valence-corrected chi connectivity index (χ3v) is 2.98. The van der Waals surface area contributed by atoms with Crippen LogP contribution >= 0.6 is 45.2 Å². The van der Waals surface area contributed by atoms with Crippen molar-refractivity contribution in [1.82, 2.24) is 4.98 Å². The molecule has 4 nitrogen and oxygen atoms in total. The molecule has 0 fully saturated rings. The van der Waals surface area contributed by atoms with Gasteiger partial charge in [0.05, 0.1) is 22.1 Å². The summed E-state index contributed by atoms with van der Waals surface area (Å²) >= 11 is 4.05. The molecule has 3 N–H and O–H groups in total. The Bertz CT molecular complexity index is 389. The molecule has 1 atom stereocenters. The van der Waals surface area contributed by atoms with E-state index in [1.54, 1.807) is 6.07 Å². The fourth-order valence-corrected chi connectivity index (χ4v) is 2.69. The Hall–Kier alpha value is -0.140. The van der Waals surface area contributed by atoms with Gasteiger partial charge >= 0.3 is 0 Å². The van der Waals surface area contributed by atoms with Gasteiger partial charge in [-0.25, -0.2) is 4.98 Å². The van der Waals surface area contributed by atoms with E-state index in [1.165, 1.54) is 0 Å². The lowest BCUT2D eigenvalue weighted by molar-refractivity contribution is 0.452. The van der Waals surface area contributed by atoms with E-state index in [4.69, 9.17) is 11.0 Å². The topological polar surface area (TPSA) is 82.9 Å². The first-order valence-corrected chi connectivity index (χ1v) is 5.89. The van der Waals surface area contributed by atoms with Crippen molar-refractivity contribution in [1.29, 1.82) is 5.26 Å². The molecule has 0 aromatic carbocycles. The second-order valence-corrected chi connectivity index (χ2v) is 4.90. The molecular weight excluding hydrogens is 408 g/mol. The van der Waals surface area contributed by atoms with Gasteiger partial charge in [0, 0.05) is 0 Å². The number of hydrogen-bond acceptors (Lipinski definition) is 4. The summed E-state index contributed by atoms with van der Waals surface area (Å²) in [5.41, 5.74) is 6.08. The maximum Gasteiger partial charge on any atom is 0.152 e. The van der Waals surface area contributed by atoms with E-state index < -0.39 is 6.04 Å². The monoisotopic (exact) mass is 415 g/mol. The van der Waals surface area contributed by atoms with Crippen LogP contribution in [0.15, 0.2) is 6.07 Å². The lowest BCUT2D eigenvalue weighted by Crippen LogP contribution is -2.12. The predicted octanol–water partition coefficient (Wildman–Crippen LogP) is 1.91. The summed E-state index contributed by atoms with van der Waals surface area (Å²) in [5, 5.41) is 18.1. The van der Waals surface area contributed by atoms with Crippen molar-refractivity contribution in [3.63, 3.8) is 0 Å². The van der Waals surface area contributed by atoms with Gasteiger partial charge in [-0.2, -0.15) is 5.26 Å². The van der Waals surface area contributed by atoms with E-state index in [9.17, 15) is 5.11 Å². The smallest absolute Gasteiger partial charge is 0.152 e. The van der Waals surface area contributed by atoms with Crippen LogP contribution in [-0.4, -0.2) is 10.1 Å². The van der Waals surface area contributed by atoms with Gasteiger partial charge in [-0.15, -0.1) is 0 Å². The van der Waals surface area contributed by atoms with Gasteiger partial charge in [0.2, 0.25) is 0 Å². The van der Waals surface area contributed by atoms with Crippen LogP contribution in [0.4, 0.5) is 0 Å². The molecule has 1 unspecified atom stereocenters. The van der Waals surface area contributed by atoms with E-state index in [1.807, 2.05) is 51.3 Å². The zero-order valence-electron chi connectivity index (χ0n) is 7.04. The second kappa shape index (κ2) is 5.09. The molecule has 0 bridgehead atoms. The highest BCUT2D eigenvalue weighted by Crippen LogP contribution is 2.28. The Morgan fingerprint density at radius 2 is 2.29 bits per heavy atom. The number of halogens is 2. The highest BCUT2D eigenvalue weighted by Gasteiger charge is 2.15. The van der Waals surface area contributed by atoms with Gasteiger partial charge in [0.1, 0.15) is 9.39 Å². The predicted molar refractivity (Wildman–Crippen MR) is 68.5 cm³/mol. The summed E-state index contributed by atoms with van der Waals surface area (Å²) in [6, 6.07) is 3.18. The van der Waals surface area contributed by atoms with Gasteiger partial charge in [0.15, 0.2) is 5.75 Å². The fraction of sp³-hybridized carbons (Fsp3) is 0.250. The third kappa shape index (κ3) is 2.68. The Kier molecular flexibility index (Phi) is 4.33. The molecule has 1 aromatic rings. The summed E-state index contributed by atoms with van der Waals surface area (Å²) in [6.45, 7) is 0. The third-order valence-electron chi connectivity index (χ3n) is 1.60. The number of aromatic hydroxyl groups is 1. The second-order valence-electron chi connectivity index (χ2n) is 2.63. The minimum atomic E-state index is -0.525. The van der Waals surface area contributed by atoms with E-state index in [2.05, 4.69) is 4.98 Å². The van der Waals surface area contributed by atoms with Crippen molar-refractivity contribution in [2.24, 2.45) is 5.73 Å². The summed E-state index contributed by atoms with van der Waals surface area (Å²) in [6.07, 6.45) is 0.150. The van der Waals surface area contributed by atoms with Crippen LogP contribution in [0.1, 0.15) is 18.2 Å². The number of nitriles is 1. The highest BCUT2D eigenvalue weighted by molar-refractivity contribution is 14.1. The largest absolute Gasteiger partial charge is 0.505 e. The van der Waals surface area contributed by atoms with Crippen LogP contribution in [0.5, 0.6) is 5.75 Å². The van der Waals surface area contributed by atoms with Crippen molar-refractivity contribution >= 4 is 45.2 Å². The standard InChI is InChI=1S/C8H7I2N3O/c9-4-3-6(10)13-7(8(4)14)5(12)1-2-11/h3,5,14H,1,12H2. The minimum absolute atomic E-state index is 0.0776. The van der Waals surface area contributed by atoms with Gasteiger partial charge in [-0.05, 0) is 51.2 Å². The van der Waals surface area contributed by atoms with Crippen molar-refractivity contribution in [2.75, 3.05) is 0 Å². The molecule has 0 aliphatic carbocycles. The molecule has 0 radical (unpaired) electrons. The van der Waals surface area contributed by atoms with Crippen LogP contribution in [-0.2, 0) is 0 Å². The molecule has 0 aliphatic rings. The maximum atomic E-state index is 9.66. The molecule has 0 saturated carbocycles. The SMILES string of the molecule is N#CCC(N)c1nc(I)cc(I)c1O. The number of hydrogen-bond donors (Lipinski definition) is 2. The molecule has 14 heavy (non-hydrogen) atoms. The molecule has 74 valence electrons. The van der Waals surface area contributed by atoms with Crippen LogP contribution in [0.3, 0.4) is 0 Å². The summed E-state index contributed by atoms with van der Waals surface area (Å²) < 4.78 is 1.46. The Balaban J connectivity index is 3.14. The summed E-state index contributed by atoms with van der Waals surface area (Å²) in [7, 11) is 0. The normalized spacial score (nSPS) is 12.1. The van der Waals surface area contributed by atoms with E-state index >= 15 is 0 Å². The Labute approximate surface area is 109 Å². The average Bonchev–Trinajstić information content (AvgIpc) is 2.11. The lowest BCUT2D eigenvalue weighted by atomic mass is 10.1. The fourth-order valence-electron chi connectivity index (χ4n) is 0.949. The molecular formula is C8H7I2N3O. The maximum absolute atomic E-state index is 9.66. The molecule has 1 aromatic heterocycles. The van der Waals surface area contributed by atoms with Crippen LogP contribution in [0.2, 0.25) is 0 Å². The van der Waals surface area contributed by atoms with Crippen LogP contribution in [0, 0.1) is 18.6 Å². The Morgan fingerprint density at radius 3 is 2.86 bits per heavy atom. The first-order chi connectivity index (χ1) is 6.56. The number of pyridine rings is 1. The van der Waals surface area contributed by atoms with Gasteiger partial charge in [-0.3, -0.25) is 0 Å². The Morgan fingerprint density at radius 1 is 1.64 bits per heavy atom. The molecule has 0 saturated heterocycles. The number of rotatable bonds is 2.